The molecule has 216 valence electrons. The Bertz CT molecular complexity index is 1940. The first-order chi connectivity index (χ1) is 20.9. The number of aromatic nitrogens is 3. The second-order valence-corrected chi connectivity index (χ2v) is 12.5. The van der Waals surface area contributed by atoms with Crippen LogP contribution in [-0.4, -0.2) is 20.1 Å². The van der Waals surface area contributed by atoms with Crippen molar-refractivity contribution in [1.82, 2.24) is 15.0 Å². The van der Waals surface area contributed by atoms with E-state index < -0.39 is 0 Å². The van der Waals surface area contributed by atoms with Gasteiger partial charge in [-0.15, -0.1) is 0 Å². The van der Waals surface area contributed by atoms with Crippen molar-refractivity contribution in [2.24, 2.45) is 0 Å². The predicted molar refractivity (Wildman–Crippen MR) is 179 cm³/mol. The number of para-hydroxylation sites is 3. The molecule has 0 aliphatic rings. The van der Waals surface area contributed by atoms with Crippen LogP contribution >= 0.6 is 0 Å². The summed E-state index contributed by atoms with van der Waals surface area (Å²) in [5.41, 5.74) is 10.8. The maximum absolute atomic E-state index is 11.4. The Labute approximate surface area is 252 Å². The van der Waals surface area contributed by atoms with E-state index in [4.69, 9.17) is 0 Å². The van der Waals surface area contributed by atoms with E-state index in [-0.39, 0.29) is 11.8 Å². The summed E-state index contributed by atoms with van der Waals surface area (Å²) in [7, 11) is 0. The van der Waals surface area contributed by atoms with E-state index in [0.717, 1.165) is 30.3 Å². The predicted octanol–water partition coefficient (Wildman–Crippen LogP) is 9.87. The molecule has 0 amide bonds. The minimum atomic E-state index is 0.224. The lowest BCUT2D eigenvalue weighted by Gasteiger charge is -2.23. The number of H-pyrrole nitrogens is 3. The standard InChI is InChI=1S/C39H39N3O/c1-24(36-21-28-10-4-7-13-33(28)40-36)18-27-16-17-39(43)32(20-26(3)38-23-30-12-6-9-15-35(30)42-38)31(27)19-25(2)37-22-29-11-5-8-14-34(29)41-37/h4-17,21-26,40-43H,18-20H2,1-3H3. The largest absolute Gasteiger partial charge is 0.508 e. The highest BCUT2D eigenvalue weighted by Gasteiger charge is 2.22. The zero-order valence-corrected chi connectivity index (χ0v) is 25.1. The van der Waals surface area contributed by atoms with E-state index in [0.29, 0.717) is 11.7 Å². The Morgan fingerprint density at radius 2 is 0.884 bits per heavy atom. The number of aromatic hydroxyl groups is 1. The number of hydrogen-bond donors (Lipinski definition) is 4. The highest BCUT2D eigenvalue weighted by Crippen LogP contribution is 2.37. The van der Waals surface area contributed by atoms with Gasteiger partial charge < -0.3 is 20.1 Å². The minimum absolute atomic E-state index is 0.224. The topological polar surface area (TPSA) is 67.6 Å². The van der Waals surface area contributed by atoms with Gasteiger partial charge in [0, 0.05) is 51.4 Å². The molecule has 7 rings (SSSR count). The molecule has 0 aliphatic carbocycles. The fourth-order valence-electron chi connectivity index (χ4n) is 6.76. The number of fused-ring (bicyclic) bond motifs is 3. The third-order valence-electron chi connectivity index (χ3n) is 9.30. The van der Waals surface area contributed by atoms with E-state index in [1.165, 1.54) is 55.4 Å². The molecule has 0 radical (unpaired) electrons. The van der Waals surface area contributed by atoms with Crippen molar-refractivity contribution in [3.05, 3.63) is 137 Å². The van der Waals surface area contributed by atoms with Crippen LogP contribution in [0.4, 0.5) is 0 Å². The molecule has 3 heterocycles. The van der Waals surface area contributed by atoms with Crippen LogP contribution in [0.5, 0.6) is 5.75 Å². The first-order valence-electron chi connectivity index (χ1n) is 15.5. The van der Waals surface area contributed by atoms with Crippen molar-refractivity contribution in [3.8, 4) is 5.75 Å². The van der Waals surface area contributed by atoms with Crippen LogP contribution in [0.2, 0.25) is 0 Å². The summed E-state index contributed by atoms with van der Waals surface area (Å²) < 4.78 is 0. The Balaban J connectivity index is 1.25. The maximum Gasteiger partial charge on any atom is 0.119 e. The molecule has 4 N–H and O–H groups in total. The number of hydrogen-bond acceptors (Lipinski definition) is 1. The van der Waals surface area contributed by atoms with E-state index in [1.807, 2.05) is 6.07 Å². The first kappa shape index (κ1) is 27.2. The third-order valence-corrected chi connectivity index (χ3v) is 9.30. The van der Waals surface area contributed by atoms with Crippen LogP contribution in [0.1, 0.15) is 72.3 Å². The molecule has 43 heavy (non-hydrogen) atoms. The molecule has 0 bridgehead atoms. The molecule has 3 atom stereocenters. The van der Waals surface area contributed by atoms with E-state index in [9.17, 15) is 5.11 Å². The number of aromatic amines is 3. The molecule has 3 aromatic heterocycles. The average Bonchev–Trinajstić information content (AvgIpc) is 3.76. The molecule has 0 fully saturated rings. The highest BCUT2D eigenvalue weighted by molar-refractivity contribution is 5.82. The lowest BCUT2D eigenvalue weighted by Crippen LogP contribution is -2.11. The van der Waals surface area contributed by atoms with E-state index >= 15 is 0 Å². The van der Waals surface area contributed by atoms with Gasteiger partial charge in [0.25, 0.3) is 0 Å². The summed E-state index contributed by atoms with van der Waals surface area (Å²) in [6, 6.07) is 36.3. The molecule has 4 aromatic carbocycles. The molecule has 4 heteroatoms. The summed E-state index contributed by atoms with van der Waals surface area (Å²) >= 11 is 0. The lowest BCUT2D eigenvalue weighted by atomic mass is 9.83. The molecular weight excluding hydrogens is 526 g/mol. The van der Waals surface area contributed by atoms with Crippen molar-refractivity contribution >= 4 is 32.7 Å². The maximum atomic E-state index is 11.4. The summed E-state index contributed by atoms with van der Waals surface area (Å²) in [5, 5.41) is 15.1. The summed E-state index contributed by atoms with van der Waals surface area (Å²) in [6.07, 6.45) is 2.52. The van der Waals surface area contributed by atoms with Crippen LogP contribution in [0.25, 0.3) is 32.7 Å². The van der Waals surface area contributed by atoms with Gasteiger partial charge >= 0.3 is 0 Å². The zero-order chi connectivity index (χ0) is 29.5. The smallest absolute Gasteiger partial charge is 0.119 e. The fourth-order valence-corrected chi connectivity index (χ4v) is 6.76. The number of benzene rings is 4. The second-order valence-electron chi connectivity index (χ2n) is 12.5. The zero-order valence-electron chi connectivity index (χ0n) is 25.1. The molecule has 0 spiro atoms. The van der Waals surface area contributed by atoms with Gasteiger partial charge in [0.15, 0.2) is 0 Å². The minimum Gasteiger partial charge on any atom is -0.508 e. The molecular formula is C39H39N3O. The molecule has 0 aliphatic heterocycles. The quantitative estimate of drug-likeness (QED) is 0.138. The van der Waals surface area contributed by atoms with Crippen LogP contribution in [0.3, 0.4) is 0 Å². The molecule has 3 unspecified atom stereocenters. The molecule has 0 saturated heterocycles. The number of nitrogens with one attached hydrogen (secondary N) is 3. The van der Waals surface area contributed by atoms with Crippen LogP contribution in [0, 0.1) is 0 Å². The van der Waals surface area contributed by atoms with Gasteiger partial charge in [-0.1, -0.05) is 81.4 Å². The number of rotatable bonds is 9. The van der Waals surface area contributed by atoms with Crippen molar-refractivity contribution in [2.45, 2.75) is 57.8 Å². The Hall–Kier alpha value is -4.70. The molecule has 0 saturated carbocycles. The average molecular weight is 566 g/mol. The van der Waals surface area contributed by atoms with Gasteiger partial charge in [-0.25, -0.2) is 0 Å². The van der Waals surface area contributed by atoms with Gasteiger partial charge in [0.1, 0.15) is 5.75 Å². The molecule has 7 aromatic rings. The number of phenols is 1. The van der Waals surface area contributed by atoms with Gasteiger partial charge in [-0.2, -0.15) is 0 Å². The van der Waals surface area contributed by atoms with Crippen LogP contribution < -0.4 is 0 Å². The van der Waals surface area contributed by atoms with Gasteiger partial charge in [-0.3, -0.25) is 0 Å². The molecule has 4 nitrogen and oxygen atoms in total. The Kier molecular flexibility index (Phi) is 7.06. The van der Waals surface area contributed by atoms with Crippen LogP contribution in [0.15, 0.2) is 103 Å². The third kappa shape index (κ3) is 5.34. The Morgan fingerprint density at radius 3 is 1.33 bits per heavy atom. The SMILES string of the molecule is CC(Cc1ccc(O)c(CC(C)c2cc3ccccc3[nH]2)c1CC(C)c1cc2ccccc2[nH]1)c1cc2ccccc2[nH]1. The highest BCUT2D eigenvalue weighted by atomic mass is 16.3. The van der Waals surface area contributed by atoms with Crippen LogP contribution in [-0.2, 0) is 19.3 Å². The summed E-state index contributed by atoms with van der Waals surface area (Å²) in [6.45, 7) is 6.86. The monoisotopic (exact) mass is 565 g/mol. The van der Waals surface area contributed by atoms with Crippen molar-refractivity contribution in [3.63, 3.8) is 0 Å². The Morgan fingerprint density at radius 1 is 0.488 bits per heavy atom. The fraction of sp³-hybridized carbons (Fsp3) is 0.231. The van der Waals surface area contributed by atoms with Crippen molar-refractivity contribution < 1.29 is 5.11 Å². The summed E-state index contributed by atoms with van der Waals surface area (Å²) in [5.74, 6) is 1.18. The lowest BCUT2D eigenvalue weighted by molar-refractivity contribution is 0.463. The number of phenolic OH excluding ortho intramolecular Hbond substituents is 1. The van der Waals surface area contributed by atoms with Gasteiger partial charge in [0.2, 0.25) is 0 Å². The van der Waals surface area contributed by atoms with Gasteiger partial charge in [-0.05, 0) is 94.6 Å². The summed E-state index contributed by atoms with van der Waals surface area (Å²) in [4.78, 5) is 10.9. The second kappa shape index (κ2) is 11.2. The van der Waals surface area contributed by atoms with E-state index in [2.05, 4.69) is 133 Å². The van der Waals surface area contributed by atoms with Crippen molar-refractivity contribution in [1.29, 1.82) is 0 Å². The normalized spacial score (nSPS) is 14.0. The van der Waals surface area contributed by atoms with E-state index in [1.54, 1.807) is 0 Å². The van der Waals surface area contributed by atoms with Crippen molar-refractivity contribution in [2.75, 3.05) is 0 Å². The first-order valence-corrected chi connectivity index (χ1v) is 15.5. The van der Waals surface area contributed by atoms with Gasteiger partial charge in [0.05, 0.1) is 0 Å².